The molecule has 0 heterocycles. The predicted molar refractivity (Wildman–Crippen MR) is 135 cm³/mol. The van der Waals surface area contributed by atoms with Gasteiger partial charge in [-0.3, -0.25) is 0 Å². The molecule has 4 aliphatic carbocycles. The van der Waals surface area contributed by atoms with E-state index in [1.807, 2.05) is 0 Å². The number of fused-ring (bicyclic) bond motifs is 5. The van der Waals surface area contributed by atoms with Crippen LogP contribution in [0.5, 0.6) is 0 Å². The average Bonchev–Trinajstić information content (AvgIpc) is 3.25. The van der Waals surface area contributed by atoms with Crippen LogP contribution >= 0.6 is 0 Å². The van der Waals surface area contributed by atoms with E-state index in [9.17, 15) is 62.2 Å². The molecule has 0 radical (unpaired) electrons. The summed E-state index contributed by atoms with van der Waals surface area (Å²) in [5.74, 6) is -36.4. The van der Waals surface area contributed by atoms with Crippen LogP contribution in [0, 0.1) is 40.4 Å². The fraction of sp³-hybridized carbons (Fsp3) is 0.867. The highest BCUT2D eigenvalue weighted by Crippen LogP contribution is 2.67. The van der Waals surface area contributed by atoms with Crippen LogP contribution in [0.15, 0.2) is 23.8 Å². The van der Waals surface area contributed by atoms with Crippen LogP contribution in [0.4, 0.5) is 57.1 Å². The fourth-order valence-electron chi connectivity index (χ4n) is 9.04. The lowest BCUT2D eigenvalue weighted by atomic mass is 9.47. The summed E-state index contributed by atoms with van der Waals surface area (Å²) in [5, 5.41) is 10.2. The van der Waals surface area contributed by atoms with Gasteiger partial charge in [-0.2, -0.15) is 57.1 Å². The van der Waals surface area contributed by atoms with Gasteiger partial charge in [-0.15, -0.1) is 0 Å². The van der Waals surface area contributed by atoms with Crippen LogP contribution < -0.4 is 0 Å². The second-order valence-corrected chi connectivity index (χ2v) is 13.9. The molecule has 0 aromatic rings. The summed E-state index contributed by atoms with van der Waals surface area (Å²) < 4.78 is 175. The van der Waals surface area contributed by atoms with Crippen LogP contribution in [-0.4, -0.2) is 47.0 Å². The molecule has 0 aromatic heterocycles. The van der Waals surface area contributed by atoms with E-state index in [4.69, 9.17) is 0 Å². The van der Waals surface area contributed by atoms with Gasteiger partial charge in [-0.05, 0) is 91.8 Å². The SMILES string of the molecule is C[C@H](/C=C/CC(F)(F)C(F)(F)C(F)(F)C(F)(F)C(F)(F)C(F)(F)F)[C@H]1CC[C@H]2[C@@H]3CC=C4C[C@@H](O)CC[C@]4(C)[C@H]3CC[C@]12C. The van der Waals surface area contributed by atoms with E-state index < -0.39 is 48.1 Å². The minimum atomic E-state index is -7.88. The molecule has 254 valence electrons. The van der Waals surface area contributed by atoms with E-state index in [0.29, 0.717) is 37.2 Å². The van der Waals surface area contributed by atoms with Crippen molar-refractivity contribution in [1.82, 2.24) is 0 Å². The fourth-order valence-corrected chi connectivity index (χ4v) is 9.04. The van der Waals surface area contributed by atoms with Gasteiger partial charge in [0.15, 0.2) is 0 Å². The summed E-state index contributed by atoms with van der Waals surface area (Å²) in [6.45, 7) is 5.93. The lowest BCUT2D eigenvalue weighted by molar-refractivity contribution is -0.439. The minimum absolute atomic E-state index is 0.0349. The van der Waals surface area contributed by atoms with Gasteiger partial charge in [0.05, 0.1) is 6.10 Å². The van der Waals surface area contributed by atoms with E-state index in [-0.39, 0.29) is 28.8 Å². The maximum absolute atomic E-state index is 14.3. The molecule has 1 nitrogen and oxygen atoms in total. The highest BCUT2D eigenvalue weighted by atomic mass is 19.4. The van der Waals surface area contributed by atoms with Crippen LogP contribution in [0.1, 0.15) is 78.6 Å². The molecule has 3 fully saturated rings. The van der Waals surface area contributed by atoms with Gasteiger partial charge >= 0.3 is 35.8 Å². The number of hydrogen-bond acceptors (Lipinski definition) is 1. The Bertz CT molecular complexity index is 1140. The van der Waals surface area contributed by atoms with Crippen molar-refractivity contribution in [3.8, 4) is 0 Å². The molecule has 4 aliphatic rings. The van der Waals surface area contributed by atoms with Crippen LogP contribution in [0.2, 0.25) is 0 Å². The van der Waals surface area contributed by atoms with E-state index in [1.165, 1.54) is 5.57 Å². The Morgan fingerprint density at radius 3 is 1.98 bits per heavy atom. The molecule has 0 amide bonds. The number of rotatable bonds is 8. The van der Waals surface area contributed by atoms with Crippen molar-refractivity contribution in [3.63, 3.8) is 0 Å². The maximum atomic E-state index is 14.3. The lowest BCUT2D eigenvalue weighted by Gasteiger charge is -2.58. The molecule has 44 heavy (non-hydrogen) atoms. The Morgan fingerprint density at radius 1 is 0.795 bits per heavy atom. The van der Waals surface area contributed by atoms with Gasteiger partial charge in [0, 0.05) is 6.42 Å². The van der Waals surface area contributed by atoms with Crippen LogP contribution in [-0.2, 0) is 0 Å². The first-order valence-electron chi connectivity index (χ1n) is 14.8. The van der Waals surface area contributed by atoms with Gasteiger partial charge in [0.25, 0.3) is 0 Å². The Hall–Kier alpha value is -1.47. The molecule has 0 aromatic carbocycles. The number of halogens is 13. The maximum Gasteiger partial charge on any atom is 0.460 e. The van der Waals surface area contributed by atoms with Gasteiger partial charge in [-0.25, -0.2) is 0 Å². The Balaban J connectivity index is 1.48. The average molecular weight is 661 g/mol. The van der Waals surface area contributed by atoms with Gasteiger partial charge < -0.3 is 5.11 Å². The third-order valence-electron chi connectivity index (χ3n) is 11.6. The van der Waals surface area contributed by atoms with Crippen molar-refractivity contribution in [2.45, 2.75) is 120 Å². The molecule has 8 atom stereocenters. The largest absolute Gasteiger partial charge is 0.460 e. The molecule has 0 unspecified atom stereocenters. The van der Waals surface area contributed by atoms with Gasteiger partial charge in [-0.1, -0.05) is 44.6 Å². The summed E-state index contributed by atoms with van der Waals surface area (Å²) in [6, 6.07) is 0. The molecule has 14 heteroatoms. The number of hydrogen-bond donors (Lipinski definition) is 1. The normalized spacial score (nSPS) is 36.5. The highest BCUT2D eigenvalue weighted by molar-refractivity contribution is 5.25. The summed E-state index contributed by atoms with van der Waals surface area (Å²) in [7, 11) is 0. The topological polar surface area (TPSA) is 20.2 Å². The Labute approximate surface area is 247 Å². The van der Waals surface area contributed by atoms with Gasteiger partial charge in [0.2, 0.25) is 0 Å². The quantitative estimate of drug-likeness (QED) is 0.203. The predicted octanol–water partition coefficient (Wildman–Crippen LogP) is 10.2. The Kier molecular flexibility index (Phi) is 8.67. The van der Waals surface area contributed by atoms with E-state index >= 15 is 0 Å². The molecule has 0 spiro atoms. The van der Waals surface area contributed by atoms with Crippen molar-refractivity contribution in [1.29, 1.82) is 0 Å². The lowest BCUT2D eigenvalue weighted by Crippen LogP contribution is -2.70. The first-order valence-corrected chi connectivity index (χ1v) is 14.8. The molecular weight excluding hydrogens is 623 g/mol. The van der Waals surface area contributed by atoms with E-state index in [1.54, 1.807) is 6.92 Å². The third kappa shape index (κ3) is 5.00. The van der Waals surface area contributed by atoms with Crippen molar-refractivity contribution >= 4 is 0 Å². The molecule has 4 rings (SSSR count). The molecule has 0 saturated heterocycles. The first kappa shape index (κ1) is 35.4. The number of alkyl halides is 13. The monoisotopic (exact) mass is 660 g/mol. The molecule has 0 bridgehead atoms. The zero-order valence-corrected chi connectivity index (χ0v) is 24.4. The Morgan fingerprint density at radius 2 is 1.39 bits per heavy atom. The molecule has 0 aliphatic heterocycles. The standard InChI is InChI=1S/C30H37F13O/c1-16(5-4-12-25(31,32)26(33,34)27(35,36)28(37,38)29(39,40)30(41,42)43)20-8-9-21-19-7-6-17-15-18(44)10-13-23(17,2)22(19)11-14-24(20,21)3/h4-6,16,18-22,44H,7-15H2,1-3H3/b5-4+/t16-,18+,19+,20-,21+,22+,23+,24-/m1/s1. The first-order chi connectivity index (χ1) is 19.8. The van der Waals surface area contributed by atoms with Crippen LogP contribution in [0.3, 0.4) is 0 Å². The second kappa shape index (κ2) is 10.8. The van der Waals surface area contributed by atoms with E-state index in [2.05, 4.69) is 19.9 Å². The summed E-state index contributed by atoms with van der Waals surface area (Å²) in [4.78, 5) is 0. The number of aliphatic hydroxyl groups excluding tert-OH is 1. The number of allylic oxidation sites excluding steroid dienone is 3. The molecule has 1 N–H and O–H groups in total. The van der Waals surface area contributed by atoms with Gasteiger partial charge in [0.1, 0.15) is 0 Å². The smallest absolute Gasteiger partial charge is 0.393 e. The van der Waals surface area contributed by atoms with Crippen molar-refractivity contribution < 1.29 is 62.2 Å². The second-order valence-electron chi connectivity index (χ2n) is 13.9. The highest BCUT2D eigenvalue weighted by Gasteiger charge is 2.90. The summed E-state index contributed by atoms with van der Waals surface area (Å²) in [5.41, 5.74) is 0.966. The zero-order chi connectivity index (χ0) is 33.5. The van der Waals surface area contributed by atoms with Crippen molar-refractivity contribution in [3.05, 3.63) is 23.8 Å². The van der Waals surface area contributed by atoms with Crippen molar-refractivity contribution in [2.75, 3.05) is 0 Å². The zero-order valence-electron chi connectivity index (χ0n) is 24.4. The van der Waals surface area contributed by atoms with E-state index in [0.717, 1.165) is 38.2 Å². The van der Waals surface area contributed by atoms with Crippen molar-refractivity contribution in [2.24, 2.45) is 40.4 Å². The molecule has 3 saturated carbocycles. The minimum Gasteiger partial charge on any atom is -0.393 e. The summed E-state index contributed by atoms with van der Waals surface area (Å²) in [6.07, 6.45) is -0.221. The number of aliphatic hydroxyl groups is 1. The molecular formula is C30H37F13O. The third-order valence-corrected chi connectivity index (χ3v) is 11.6. The van der Waals surface area contributed by atoms with Crippen LogP contribution in [0.25, 0.3) is 0 Å². The summed E-state index contributed by atoms with van der Waals surface area (Å²) >= 11 is 0.